The number of hydrogen-bond acceptors (Lipinski definition) is 6. The topological polar surface area (TPSA) is 89.2 Å². The number of para-hydroxylation sites is 1. The van der Waals surface area contributed by atoms with E-state index in [1.165, 1.54) is 12.0 Å². The minimum Gasteiger partial charge on any atom is -0.503 e. The third-order valence-electron chi connectivity index (χ3n) is 6.20. The van der Waals surface area contributed by atoms with E-state index in [1.807, 2.05) is 12.1 Å². The van der Waals surface area contributed by atoms with Crippen molar-refractivity contribution in [2.75, 3.05) is 14.2 Å². The van der Waals surface area contributed by atoms with Gasteiger partial charge in [0.05, 0.1) is 25.8 Å². The highest BCUT2D eigenvalue weighted by atomic mass is 35.5. The number of halogens is 1. The molecule has 7 nitrogen and oxygen atoms in total. The molecule has 0 fully saturated rings. The number of benzene rings is 3. The van der Waals surface area contributed by atoms with Crippen molar-refractivity contribution < 1.29 is 28.6 Å². The Kier molecular flexibility index (Phi) is 6.16. The van der Waals surface area contributed by atoms with E-state index in [2.05, 4.69) is 0 Å². The summed E-state index contributed by atoms with van der Waals surface area (Å²) in [5, 5.41) is 12.1. The normalized spacial score (nSPS) is 15.6. The third-order valence-corrected chi connectivity index (χ3v) is 6.45. The number of carbonyl (C=O) groups is 2. The summed E-state index contributed by atoms with van der Waals surface area (Å²) in [5.74, 6) is -0.699. The van der Waals surface area contributed by atoms with Gasteiger partial charge in [-0.25, -0.2) is 0 Å². The Morgan fingerprint density at radius 2 is 1.75 bits per heavy atom. The van der Waals surface area contributed by atoms with E-state index in [9.17, 15) is 14.7 Å². The predicted molar refractivity (Wildman–Crippen MR) is 134 cm³/mol. The molecule has 0 saturated carbocycles. The van der Waals surface area contributed by atoms with Crippen LogP contribution in [-0.2, 0) is 11.3 Å². The molecule has 1 unspecified atom stereocenters. The molecule has 0 bridgehead atoms. The molecule has 2 heterocycles. The molecular weight excluding hydrogens is 482 g/mol. The number of Topliss-reactive ketones (excluding diaryl/α,β-unsaturated/α-hetero) is 1. The van der Waals surface area contributed by atoms with Crippen molar-refractivity contribution in [3.05, 3.63) is 106 Å². The fraction of sp³-hybridized carbons (Fsp3) is 0.143. The van der Waals surface area contributed by atoms with Gasteiger partial charge in [-0.15, -0.1) is 0 Å². The van der Waals surface area contributed by atoms with Crippen LogP contribution in [0.5, 0.6) is 11.5 Å². The van der Waals surface area contributed by atoms with Crippen molar-refractivity contribution in [1.29, 1.82) is 0 Å². The number of ketones is 1. The van der Waals surface area contributed by atoms with E-state index in [1.54, 1.807) is 67.8 Å². The third kappa shape index (κ3) is 4.07. The Labute approximate surface area is 212 Å². The second-order valence-electron chi connectivity index (χ2n) is 8.32. The van der Waals surface area contributed by atoms with Gasteiger partial charge in [0, 0.05) is 17.0 Å². The summed E-state index contributed by atoms with van der Waals surface area (Å²) in [6, 6.07) is 20.1. The van der Waals surface area contributed by atoms with Crippen LogP contribution in [0.15, 0.2) is 88.5 Å². The first-order chi connectivity index (χ1) is 17.4. The van der Waals surface area contributed by atoms with Gasteiger partial charge in [-0.3, -0.25) is 9.59 Å². The molecule has 1 N–H and O–H groups in total. The zero-order chi connectivity index (χ0) is 25.4. The first-order valence-corrected chi connectivity index (χ1v) is 11.5. The van der Waals surface area contributed by atoms with Crippen molar-refractivity contribution in [3.8, 4) is 11.5 Å². The largest absolute Gasteiger partial charge is 0.503 e. The molecule has 1 amide bonds. The molecule has 0 saturated heterocycles. The van der Waals surface area contributed by atoms with Crippen molar-refractivity contribution in [2.45, 2.75) is 12.6 Å². The van der Waals surface area contributed by atoms with Gasteiger partial charge in [0.2, 0.25) is 5.78 Å². The van der Waals surface area contributed by atoms with Gasteiger partial charge in [0.1, 0.15) is 5.75 Å². The van der Waals surface area contributed by atoms with Gasteiger partial charge < -0.3 is 23.9 Å². The molecule has 0 radical (unpaired) electrons. The Morgan fingerprint density at radius 1 is 1.03 bits per heavy atom. The number of furan rings is 1. The minimum absolute atomic E-state index is 0.00545. The number of rotatable bonds is 7. The first kappa shape index (κ1) is 23.5. The average Bonchev–Trinajstić information content (AvgIpc) is 3.44. The van der Waals surface area contributed by atoms with Crippen LogP contribution in [0.25, 0.3) is 11.0 Å². The minimum atomic E-state index is -0.848. The smallest absolute Gasteiger partial charge is 0.290 e. The Morgan fingerprint density at radius 3 is 2.42 bits per heavy atom. The van der Waals surface area contributed by atoms with Crippen LogP contribution in [-0.4, -0.2) is 35.9 Å². The van der Waals surface area contributed by atoms with Gasteiger partial charge in [-0.2, -0.15) is 0 Å². The van der Waals surface area contributed by atoms with Crippen LogP contribution in [0.4, 0.5) is 0 Å². The fourth-order valence-electron chi connectivity index (χ4n) is 4.41. The second-order valence-corrected chi connectivity index (χ2v) is 8.75. The number of amides is 1. The predicted octanol–water partition coefficient (Wildman–Crippen LogP) is 5.88. The SMILES string of the molecule is COc1ccc(CN2C(=O)C(O)=C(C(=O)c3cc4cccc(OC)c4o3)C2c2ccc(Cl)cc2)cc1. The van der Waals surface area contributed by atoms with E-state index < -0.39 is 23.5 Å². The quantitative estimate of drug-likeness (QED) is 0.317. The number of hydrogen-bond donors (Lipinski definition) is 1. The average molecular weight is 504 g/mol. The van der Waals surface area contributed by atoms with Crippen molar-refractivity contribution in [3.63, 3.8) is 0 Å². The fourth-order valence-corrected chi connectivity index (χ4v) is 4.54. The lowest BCUT2D eigenvalue weighted by Crippen LogP contribution is -2.30. The highest BCUT2D eigenvalue weighted by Gasteiger charge is 2.44. The molecule has 36 heavy (non-hydrogen) atoms. The van der Waals surface area contributed by atoms with Gasteiger partial charge in [-0.05, 0) is 47.5 Å². The van der Waals surface area contributed by atoms with E-state index in [0.29, 0.717) is 33.1 Å². The molecule has 4 aromatic rings. The van der Waals surface area contributed by atoms with Gasteiger partial charge in [-0.1, -0.05) is 48.0 Å². The van der Waals surface area contributed by atoms with Gasteiger partial charge >= 0.3 is 0 Å². The lowest BCUT2D eigenvalue weighted by molar-refractivity contribution is -0.130. The summed E-state index contributed by atoms with van der Waals surface area (Å²) in [5.41, 5.74) is 1.78. The summed E-state index contributed by atoms with van der Waals surface area (Å²) in [6.45, 7) is 0.158. The van der Waals surface area contributed by atoms with Crippen LogP contribution >= 0.6 is 11.6 Å². The van der Waals surface area contributed by atoms with Crippen LogP contribution in [0.2, 0.25) is 5.02 Å². The molecule has 3 aromatic carbocycles. The monoisotopic (exact) mass is 503 g/mol. The van der Waals surface area contributed by atoms with Gasteiger partial charge in [0.25, 0.3) is 5.91 Å². The van der Waals surface area contributed by atoms with E-state index in [4.69, 9.17) is 25.5 Å². The zero-order valence-electron chi connectivity index (χ0n) is 19.5. The lowest BCUT2D eigenvalue weighted by Gasteiger charge is -2.27. The molecule has 0 aliphatic carbocycles. The number of methoxy groups -OCH3 is 2. The van der Waals surface area contributed by atoms with Crippen molar-refractivity contribution >= 4 is 34.3 Å². The Bertz CT molecular complexity index is 1490. The number of carbonyl (C=O) groups excluding carboxylic acids is 2. The highest BCUT2D eigenvalue weighted by Crippen LogP contribution is 2.41. The Hall–Kier alpha value is -4.23. The summed E-state index contributed by atoms with van der Waals surface area (Å²) in [6.07, 6.45) is 0. The van der Waals surface area contributed by atoms with Crippen LogP contribution in [0, 0.1) is 0 Å². The van der Waals surface area contributed by atoms with Crippen LogP contribution in [0.1, 0.15) is 27.7 Å². The maximum absolute atomic E-state index is 13.7. The molecule has 0 spiro atoms. The molecule has 1 aliphatic heterocycles. The molecule has 1 aromatic heterocycles. The second kappa shape index (κ2) is 9.43. The highest BCUT2D eigenvalue weighted by molar-refractivity contribution is 6.30. The zero-order valence-corrected chi connectivity index (χ0v) is 20.3. The molecule has 8 heteroatoms. The van der Waals surface area contributed by atoms with Crippen molar-refractivity contribution in [2.24, 2.45) is 0 Å². The molecule has 1 aliphatic rings. The number of ether oxygens (including phenoxy) is 2. The summed E-state index contributed by atoms with van der Waals surface area (Å²) >= 11 is 6.09. The first-order valence-electron chi connectivity index (χ1n) is 11.1. The van der Waals surface area contributed by atoms with Crippen LogP contribution in [0.3, 0.4) is 0 Å². The Balaban J connectivity index is 1.58. The molecular formula is C28H22ClNO6. The van der Waals surface area contributed by atoms with Crippen LogP contribution < -0.4 is 9.47 Å². The molecule has 182 valence electrons. The maximum atomic E-state index is 13.7. The van der Waals surface area contributed by atoms with Crippen molar-refractivity contribution in [1.82, 2.24) is 4.90 Å². The summed E-state index contributed by atoms with van der Waals surface area (Å²) in [4.78, 5) is 28.5. The maximum Gasteiger partial charge on any atom is 0.290 e. The lowest BCUT2D eigenvalue weighted by atomic mass is 9.95. The number of aliphatic hydroxyl groups is 1. The standard InChI is InChI=1S/C28H22ClNO6/c1-34-20-12-6-16(7-13-20)15-30-24(17-8-10-19(29)11-9-17)23(26(32)28(30)33)25(31)22-14-18-4-3-5-21(35-2)27(18)36-22/h3-14,24,32H,15H2,1-2H3. The molecule has 1 atom stereocenters. The van der Waals surface area contributed by atoms with E-state index in [0.717, 1.165) is 5.56 Å². The van der Waals surface area contributed by atoms with E-state index in [-0.39, 0.29) is 17.9 Å². The van der Waals surface area contributed by atoms with E-state index >= 15 is 0 Å². The number of nitrogens with zero attached hydrogens (tertiary/aromatic N) is 1. The summed E-state index contributed by atoms with van der Waals surface area (Å²) < 4.78 is 16.4. The summed E-state index contributed by atoms with van der Waals surface area (Å²) in [7, 11) is 3.08. The van der Waals surface area contributed by atoms with Gasteiger partial charge in [0.15, 0.2) is 22.9 Å². The number of aliphatic hydroxyl groups excluding tert-OH is 1. The molecule has 5 rings (SSSR count). The number of fused-ring (bicyclic) bond motifs is 1.